The summed E-state index contributed by atoms with van der Waals surface area (Å²) in [5, 5.41) is 0. The molecule has 2 aliphatic heterocycles. The van der Waals surface area contributed by atoms with E-state index in [0.29, 0.717) is 24.4 Å². The number of hydrogen-bond acceptors (Lipinski definition) is 5. The molecular weight excluding hydrogens is 424 g/mol. The Labute approximate surface area is 200 Å². The Morgan fingerprint density at radius 1 is 0.794 bits per heavy atom. The lowest BCUT2D eigenvalue weighted by molar-refractivity contribution is -0.138. The Morgan fingerprint density at radius 2 is 1.53 bits per heavy atom. The minimum absolute atomic E-state index is 0.216. The first kappa shape index (κ1) is 21.9. The van der Waals surface area contributed by atoms with E-state index in [2.05, 4.69) is 46.0 Å². The summed E-state index contributed by atoms with van der Waals surface area (Å²) in [5.74, 6) is -0.470. The van der Waals surface area contributed by atoms with Gasteiger partial charge in [0, 0.05) is 44.3 Å². The second-order valence-electron chi connectivity index (χ2n) is 8.96. The third-order valence-electron chi connectivity index (χ3n) is 6.51. The van der Waals surface area contributed by atoms with E-state index in [1.807, 2.05) is 43.3 Å². The van der Waals surface area contributed by atoms with Gasteiger partial charge < -0.3 is 9.80 Å². The average Bonchev–Trinajstić information content (AvgIpc) is 3.10. The maximum absolute atomic E-state index is 13.6. The van der Waals surface area contributed by atoms with Crippen LogP contribution in [0.2, 0.25) is 0 Å². The van der Waals surface area contributed by atoms with E-state index >= 15 is 0 Å². The van der Waals surface area contributed by atoms with Crippen molar-refractivity contribution >= 4 is 23.1 Å². The highest BCUT2D eigenvalue weighted by atomic mass is 16.2. The summed E-state index contributed by atoms with van der Waals surface area (Å²) in [4.78, 5) is 37.1. The summed E-state index contributed by atoms with van der Waals surface area (Å²) in [7, 11) is 0. The van der Waals surface area contributed by atoms with Gasteiger partial charge in [-0.1, -0.05) is 48.0 Å². The van der Waals surface area contributed by atoms with Crippen molar-refractivity contribution < 1.29 is 9.59 Å². The zero-order valence-corrected chi connectivity index (χ0v) is 19.6. The summed E-state index contributed by atoms with van der Waals surface area (Å²) in [5.41, 5.74) is 6.17. The van der Waals surface area contributed by atoms with Gasteiger partial charge in [-0.15, -0.1) is 0 Å². The molecule has 5 rings (SSSR count). The van der Waals surface area contributed by atoms with Crippen molar-refractivity contribution in [2.24, 2.45) is 0 Å². The van der Waals surface area contributed by atoms with Crippen molar-refractivity contribution in [2.45, 2.75) is 20.4 Å². The number of imide groups is 1. The smallest absolute Gasteiger partial charge is 0.278 e. The van der Waals surface area contributed by atoms with Crippen LogP contribution in [-0.2, 0) is 16.1 Å². The fourth-order valence-corrected chi connectivity index (χ4v) is 4.67. The van der Waals surface area contributed by atoms with Crippen LogP contribution in [0.1, 0.15) is 22.3 Å². The van der Waals surface area contributed by atoms with Crippen molar-refractivity contribution in [1.82, 2.24) is 14.8 Å². The highest BCUT2D eigenvalue weighted by Gasteiger charge is 2.42. The van der Waals surface area contributed by atoms with E-state index in [9.17, 15) is 9.59 Å². The first-order valence-electron chi connectivity index (χ1n) is 11.6. The summed E-state index contributed by atoms with van der Waals surface area (Å²) in [6.45, 7) is 7.26. The summed E-state index contributed by atoms with van der Waals surface area (Å²) < 4.78 is 0. The van der Waals surface area contributed by atoms with Gasteiger partial charge in [-0.25, -0.2) is 0 Å². The third kappa shape index (κ3) is 4.19. The molecule has 3 heterocycles. The molecule has 2 amide bonds. The van der Waals surface area contributed by atoms with Crippen LogP contribution in [-0.4, -0.2) is 52.8 Å². The van der Waals surface area contributed by atoms with Gasteiger partial charge in [-0.2, -0.15) is 0 Å². The summed E-state index contributed by atoms with van der Waals surface area (Å²) >= 11 is 0. The molecule has 0 unspecified atom stereocenters. The van der Waals surface area contributed by atoms with Crippen LogP contribution in [0.25, 0.3) is 5.57 Å². The van der Waals surface area contributed by atoms with E-state index in [1.54, 1.807) is 12.4 Å². The number of aromatic nitrogens is 1. The fourth-order valence-electron chi connectivity index (χ4n) is 4.67. The van der Waals surface area contributed by atoms with Crippen molar-refractivity contribution in [3.05, 3.63) is 101 Å². The monoisotopic (exact) mass is 452 g/mol. The second kappa shape index (κ2) is 9.14. The van der Waals surface area contributed by atoms with Crippen molar-refractivity contribution in [2.75, 3.05) is 31.1 Å². The molecule has 0 atom stereocenters. The molecule has 1 fully saturated rings. The molecule has 3 aromatic rings. The Balaban J connectivity index is 1.45. The van der Waals surface area contributed by atoms with Gasteiger partial charge in [0.15, 0.2) is 0 Å². The van der Waals surface area contributed by atoms with Crippen LogP contribution in [0.5, 0.6) is 0 Å². The van der Waals surface area contributed by atoms with Crippen LogP contribution in [0, 0.1) is 13.8 Å². The summed E-state index contributed by atoms with van der Waals surface area (Å²) in [6, 6.07) is 20.0. The van der Waals surface area contributed by atoms with Gasteiger partial charge >= 0.3 is 0 Å². The number of carbonyl (C=O) groups excluding carboxylic acids is 2. The van der Waals surface area contributed by atoms with E-state index in [4.69, 9.17) is 0 Å². The number of hydrogen-bond donors (Lipinski definition) is 0. The minimum atomic E-state index is -0.242. The van der Waals surface area contributed by atoms with Crippen molar-refractivity contribution in [1.29, 1.82) is 0 Å². The molecule has 172 valence electrons. The first-order valence-corrected chi connectivity index (χ1v) is 11.6. The Bertz CT molecular complexity index is 1240. The van der Waals surface area contributed by atoms with Gasteiger partial charge in [-0.05, 0) is 48.7 Å². The molecule has 0 saturated carbocycles. The normalized spacial score (nSPS) is 16.6. The number of amides is 2. The van der Waals surface area contributed by atoms with E-state index in [0.717, 1.165) is 29.8 Å². The van der Waals surface area contributed by atoms with Crippen LogP contribution < -0.4 is 4.90 Å². The number of piperazine rings is 1. The topological polar surface area (TPSA) is 56.8 Å². The maximum Gasteiger partial charge on any atom is 0.278 e. The van der Waals surface area contributed by atoms with E-state index < -0.39 is 0 Å². The highest BCUT2D eigenvalue weighted by Crippen LogP contribution is 2.33. The number of benzene rings is 2. The second-order valence-corrected chi connectivity index (χ2v) is 8.96. The molecule has 1 aromatic heterocycles. The number of aryl methyl sites for hydroxylation is 2. The lowest BCUT2D eigenvalue weighted by atomic mass is 10.0. The Kier molecular flexibility index (Phi) is 5.88. The van der Waals surface area contributed by atoms with Gasteiger partial charge in [0.25, 0.3) is 11.8 Å². The molecule has 1 saturated heterocycles. The molecule has 0 spiro atoms. The zero-order valence-electron chi connectivity index (χ0n) is 19.6. The predicted molar refractivity (Wildman–Crippen MR) is 133 cm³/mol. The van der Waals surface area contributed by atoms with Crippen molar-refractivity contribution in [3.8, 4) is 0 Å². The van der Waals surface area contributed by atoms with E-state index in [-0.39, 0.29) is 18.4 Å². The Hall–Kier alpha value is -3.93. The molecule has 0 radical (unpaired) electrons. The lowest BCUT2D eigenvalue weighted by Gasteiger charge is -2.37. The molecule has 0 N–H and O–H groups in total. The summed E-state index contributed by atoms with van der Waals surface area (Å²) in [6.07, 6.45) is 3.39. The standard InChI is InChI=1S/C28H28N4O2/c1-20-8-10-23(11-9-20)25-26(28(34)32(27(25)33)19-22-6-4-12-29-18-22)31-15-13-30(14-16-31)24-7-3-5-21(2)17-24/h3-12,17-18H,13-16,19H2,1-2H3. The van der Waals surface area contributed by atoms with Gasteiger partial charge in [-0.3, -0.25) is 19.5 Å². The molecule has 2 aromatic carbocycles. The van der Waals surface area contributed by atoms with Gasteiger partial charge in [0.05, 0.1) is 12.1 Å². The highest BCUT2D eigenvalue weighted by molar-refractivity contribution is 6.35. The van der Waals surface area contributed by atoms with Crippen LogP contribution in [0.4, 0.5) is 5.69 Å². The molecule has 2 aliphatic rings. The number of carbonyl (C=O) groups is 2. The molecular formula is C28H28N4O2. The first-order chi connectivity index (χ1) is 16.5. The number of anilines is 1. The quantitative estimate of drug-likeness (QED) is 0.551. The minimum Gasteiger partial charge on any atom is -0.368 e. The molecule has 0 bridgehead atoms. The number of rotatable bonds is 5. The largest absolute Gasteiger partial charge is 0.368 e. The predicted octanol–water partition coefficient (Wildman–Crippen LogP) is 3.80. The van der Waals surface area contributed by atoms with Crippen molar-refractivity contribution in [3.63, 3.8) is 0 Å². The SMILES string of the molecule is Cc1ccc(C2=C(N3CCN(c4cccc(C)c4)CC3)C(=O)N(Cc3cccnc3)C2=O)cc1. The Morgan fingerprint density at radius 3 is 2.21 bits per heavy atom. The van der Waals surface area contributed by atoms with E-state index in [1.165, 1.54) is 16.2 Å². The van der Waals surface area contributed by atoms with Gasteiger partial charge in [0.1, 0.15) is 5.70 Å². The van der Waals surface area contributed by atoms with Crippen LogP contribution in [0.3, 0.4) is 0 Å². The van der Waals surface area contributed by atoms with Crippen LogP contribution >= 0.6 is 0 Å². The molecule has 34 heavy (non-hydrogen) atoms. The number of pyridine rings is 1. The fraction of sp³-hybridized carbons (Fsp3) is 0.250. The molecule has 6 heteroatoms. The maximum atomic E-state index is 13.6. The zero-order chi connectivity index (χ0) is 23.7. The third-order valence-corrected chi connectivity index (χ3v) is 6.51. The van der Waals surface area contributed by atoms with Crippen LogP contribution in [0.15, 0.2) is 78.8 Å². The lowest BCUT2D eigenvalue weighted by Crippen LogP contribution is -2.47. The van der Waals surface area contributed by atoms with Gasteiger partial charge in [0.2, 0.25) is 0 Å². The number of nitrogens with zero attached hydrogens (tertiary/aromatic N) is 4. The molecule has 6 nitrogen and oxygen atoms in total. The molecule has 0 aliphatic carbocycles. The average molecular weight is 453 g/mol.